The van der Waals surface area contributed by atoms with E-state index in [-0.39, 0.29) is 17.1 Å². The van der Waals surface area contributed by atoms with Gasteiger partial charge in [-0.05, 0) is 43.9 Å². The minimum absolute atomic E-state index is 0.0815. The van der Waals surface area contributed by atoms with Gasteiger partial charge in [0.1, 0.15) is 11.5 Å². The fourth-order valence-electron chi connectivity index (χ4n) is 2.61. The van der Waals surface area contributed by atoms with E-state index in [1.54, 1.807) is 19.3 Å². The molecule has 0 unspecified atom stereocenters. The molecule has 2 rings (SSSR count). The highest BCUT2D eigenvalue weighted by atomic mass is 16.5. The average Bonchev–Trinajstić information content (AvgIpc) is 2.60. The molecule has 0 saturated heterocycles. The van der Waals surface area contributed by atoms with Crippen LogP contribution in [0.2, 0.25) is 0 Å². The van der Waals surface area contributed by atoms with Crippen molar-refractivity contribution in [2.75, 3.05) is 40.2 Å². The third-order valence-corrected chi connectivity index (χ3v) is 3.99. The molecule has 5 heteroatoms. The minimum atomic E-state index is -0.248. The molecule has 2 aromatic rings. The summed E-state index contributed by atoms with van der Waals surface area (Å²) >= 11 is 0. The van der Waals surface area contributed by atoms with E-state index in [0.717, 1.165) is 16.8 Å². The lowest BCUT2D eigenvalue weighted by Crippen LogP contribution is -2.12. The van der Waals surface area contributed by atoms with Gasteiger partial charge in [-0.15, -0.1) is 0 Å². The molecular weight excluding hydrogens is 328 g/mol. The van der Waals surface area contributed by atoms with E-state index < -0.39 is 0 Å². The second-order valence-electron chi connectivity index (χ2n) is 6.60. The summed E-state index contributed by atoms with van der Waals surface area (Å²) in [7, 11) is 9.38. The molecule has 0 aliphatic carbocycles. The molecule has 0 aliphatic heterocycles. The number of hydrogen-bond donors (Lipinski definition) is 1. The molecule has 1 N–H and O–H groups in total. The number of aromatic hydroxyl groups is 1. The van der Waals surface area contributed by atoms with Crippen LogP contribution in [0.15, 0.2) is 42.5 Å². The molecule has 0 aliphatic rings. The first-order valence-corrected chi connectivity index (χ1v) is 8.36. The fraction of sp³-hybridized carbons (Fsp3) is 0.286. The van der Waals surface area contributed by atoms with Gasteiger partial charge >= 0.3 is 0 Å². The van der Waals surface area contributed by atoms with Crippen molar-refractivity contribution in [2.45, 2.75) is 6.54 Å². The van der Waals surface area contributed by atoms with E-state index in [2.05, 4.69) is 0 Å². The number of rotatable bonds is 7. The Balaban J connectivity index is 2.25. The number of ether oxygens (including phenoxy) is 1. The zero-order valence-electron chi connectivity index (χ0n) is 16.0. The van der Waals surface area contributed by atoms with Crippen molar-refractivity contribution in [2.24, 2.45) is 0 Å². The summed E-state index contributed by atoms with van der Waals surface area (Å²) in [5, 5.41) is 10.2. The molecule has 0 heterocycles. The van der Waals surface area contributed by atoms with Crippen LogP contribution in [0.4, 0.5) is 5.69 Å². The van der Waals surface area contributed by atoms with E-state index >= 15 is 0 Å². The number of allylic oxidation sites excluding steroid dienone is 1. The van der Waals surface area contributed by atoms with Crippen molar-refractivity contribution >= 4 is 17.5 Å². The Hall–Kier alpha value is -2.79. The van der Waals surface area contributed by atoms with E-state index in [9.17, 15) is 9.90 Å². The Bertz CT molecular complexity index is 794. The van der Waals surface area contributed by atoms with Gasteiger partial charge < -0.3 is 19.6 Å². The number of phenols is 1. The van der Waals surface area contributed by atoms with Gasteiger partial charge in [-0.1, -0.05) is 18.2 Å². The van der Waals surface area contributed by atoms with Gasteiger partial charge in [-0.2, -0.15) is 0 Å². The first-order chi connectivity index (χ1) is 12.3. The maximum atomic E-state index is 12.5. The Morgan fingerprint density at radius 3 is 2.31 bits per heavy atom. The summed E-state index contributed by atoms with van der Waals surface area (Å²) in [4.78, 5) is 16.5. The maximum Gasteiger partial charge on any atom is 0.189 e. The van der Waals surface area contributed by atoms with Crippen molar-refractivity contribution < 1.29 is 14.6 Å². The second-order valence-corrected chi connectivity index (χ2v) is 6.60. The number of carbonyl (C=O) groups is 1. The van der Waals surface area contributed by atoms with Gasteiger partial charge in [0, 0.05) is 38.0 Å². The van der Waals surface area contributed by atoms with Gasteiger partial charge in [0.25, 0.3) is 0 Å². The van der Waals surface area contributed by atoms with Crippen molar-refractivity contribution in [1.82, 2.24) is 4.90 Å². The normalized spacial score (nSPS) is 11.2. The lowest BCUT2D eigenvalue weighted by atomic mass is 10.0. The molecule has 0 radical (unpaired) electrons. The molecule has 26 heavy (non-hydrogen) atoms. The van der Waals surface area contributed by atoms with Crippen LogP contribution in [0.5, 0.6) is 11.5 Å². The van der Waals surface area contributed by atoms with E-state index in [1.807, 2.05) is 62.3 Å². The molecule has 0 saturated carbocycles. The summed E-state index contributed by atoms with van der Waals surface area (Å²) in [5.74, 6) is 0.236. The Morgan fingerprint density at radius 2 is 1.77 bits per heavy atom. The van der Waals surface area contributed by atoms with E-state index in [4.69, 9.17) is 4.74 Å². The first kappa shape index (κ1) is 19.5. The third kappa shape index (κ3) is 4.86. The van der Waals surface area contributed by atoms with Crippen LogP contribution in [-0.4, -0.2) is 51.1 Å². The molecule has 2 aromatic carbocycles. The molecule has 0 fully saturated rings. The molecule has 0 spiro atoms. The highest BCUT2D eigenvalue weighted by Crippen LogP contribution is 2.29. The zero-order valence-corrected chi connectivity index (χ0v) is 16.0. The summed E-state index contributed by atoms with van der Waals surface area (Å²) < 4.78 is 5.30. The van der Waals surface area contributed by atoms with Crippen LogP contribution in [0.25, 0.3) is 6.08 Å². The van der Waals surface area contributed by atoms with Gasteiger partial charge in [0.05, 0.1) is 12.7 Å². The van der Waals surface area contributed by atoms with Crippen LogP contribution in [-0.2, 0) is 6.54 Å². The predicted molar refractivity (Wildman–Crippen MR) is 106 cm³/mol. The number of carbonyl (C=O) groups excluding carboxylic acids is 1. The van der Waals surface area contributed by atoms with Crippen molar-refractivity contribution in [1.29, 1.82) is 0 Å². The average molecular weight is 354 g/mol. The van der Waals surface area contributed by atoms with Crippen LogP contribution >= 0.6 is 0 Å². The summed E-state index contributed by atoms with van der Waals surface area (Å²) in [5.41, 5.74) is 3.13. The lowest BCUT2D eigenvalue weighted by molar-refractivity contribution is 0.104. The Labute approximate surface area is 155 Å². The number of ketones is 1. The smallest absolute Gasteiger partial charge is 0.189 e. The summed E-state index contributed by atoms with van der Waals surface area (Å²) in [6.07, 6.45) is 3.22. The molecular formula is C21H26N2O3. The van der Waals surface area contributed by atoms with Crippen LogP contribution < -0.4 is 9.64 Å². The van der Waals surface area contributed by atoms with E-state index in [1.165, 1.54) is 12.1 Å². The topological polar surface area (TPSA) is 53.0 Å². The van der Waals surface area contributed by atoms with Crippen LogP contribution in [0.3, 0.4) is 0 Å². The first-order valence-electron chi connectivity index (χ1n) is 8.36. The maximum absolute atomic E-state index is 12.5. The zero-order chi connectivity index (χ0) is 19.3. The summed E-state index contributed by atoms with van der Waals surface area (Å²) in [6.45, 7) is 0.611. The van der Waals surface area contributed by atoms with Crippen LogP contribution in [0.1, 0.15) is 21.5 Å². The van der Waals surface area contributed by atoms with Gasteiger partial charge in [-0.3, -0.25) is 4.79 Å². The van der Waals surface area contributed by atoms with E-state index in [0.29, 0.717) is 12.3 Å². The fourth-order valence-corrected chi connectivity index (χ4v) is 2.61. The lowest BCUT2D eigenvalue weighted by Gasteiger charge is -2.15. The van der Waals surface area contributed by atoms with Gasteiger partial charge in [0.2, 0.25) is 0 Å². The molecule has 138 valence electrons. The Morgan fingerprint density at radius 1 is 1.12 bits per heavy atom. The van der Waals surface area contributed by atoms with Gasteiger partial charge in [0.15, 0.2) is 5.78 Å². The number of anilines is 1. The largest absolute Gasteiger partial charge is 0.507 e. The second kappa shape index (κ2) is 8.54. The summed E-state index contributed by atoms with van der Waals surface area (Å²) in [6, 6.07) is 11.1. The predicted octanol–water partition coefficient (Wildman–Crippen LogP) is 3.42. The highest BCUT2D eigenvalue weighted by molar-refractivity contribution is 6.08. The monoisotopic (exact) mass is 354 g/mol. The van der Waals surface area contributed by atoms with Gasteiger partial charge in [-0.25, -0.2) is 0 Å². The number of benzene rings is 2. The highest BCUT2D eigenvalue weighted by Gasteiger charge is 2.14. The molecule has 0 atom stereocenters. The minimum Gasteiger partial charge on any atom is -0.507 e. The standard InChI is InChI=1S/C21H26N2O3/c1-22(2)14-16-12-18(20(25)13-21(16)26-5)19(24)11-8-15-6-9-17(10-7-15)23(3)4/h6-13,25H,14H2,1-5H3/b11-8+. The molecule has 0 aromatic heterocycles. The number of phenolic OH excluding ortho intramolecular Hbond substituents is 1. The number of nitrogens with zero attached hydrogens (tertiary/aromatic N) is 2. The Kier molecular flexibility index (Phi) is 6.41. The SMILES string of the molecule is COc1cc(O)c(C(=O)/C=C/c2ccc(N(C)C)cc2)cc1CN(C)C. The number of methoxy groups -OCH3 is 1. The third-order valence-electron chi connectivity index (χ3n) is 3.99. The molecule has 0 bridgehead atoms. The van der Waals surface area contributed by atoms with Crippen molar-refractivity contribution in [3.63, 3.8) is 0 Å². The van der Waals surface area contributed by atoms with Crippen molar-refractivity contribution in [3.8, 4) is 11.5 Å². The molecule has 5 nitrogen and oxygen atoms in total. The quantitative estimate of drug-likeness (QED) is 0.610. The van der Waals surface area contributed by atoms with Crippen molar-refractivity contribution in [3.05, 3.63) is 59.2 Å². The molecule has 0 amide bonds. The number of hydrogen-bond acceptors (Lipinski definition) is 5. The van der Waals surface area contributed by atoms with Crippen LogP contribution in [0, 0.1) is 0 Å².